The summed E-state index contributed by atoms with van der Waals surface area (Å²) in [6.07, 6.45) is 5.11. The molecule has 26 heavy (non-hydrogen) atoms. The lowest BCUT2D eigenvalue weighted by atomic mass is 10.0. The van der Waals surface area contributed by atoms with E-state index in [0.717, 1.165) is 5.56 Å². The Kier molecular flexibility index (Phi) is 6.30. The van der Waals surface area contributed by atoms with Gasteiger partial charge in [-0.2, -0.15) is 4.57 Å². The predicted molar refractivity (Wildman–Crippen MR) is 102 cm³/mol. The van der Waals surface area contributed by atoms with Crippen LogP contribution in [0.5, 0.6) is 0 Å². The molecule has 1 atom stereocenters. The van der Waals surface area contributed by atoms with Crippen LogP contribution < -0.4 is 4.57 Å². The van der Waals surface area contributed by atoms with Crippen LogP contribution in [0.2, 0.25) is 0 Å². The van der Waals surface area contributed by atoms with Gasteiger partial charge in [-0.1, -0.05) is 18.2 Å². The van der Waals surface area contributed by atoms with Gasteiger partial charge in [-0.25, -0.2) is 0 Å². The maximum Gasteiger partial charge on any atom is 0.273 e. The molecule has 0 N–H and O–H groups in total. The highest BCUT2D eigenvalue weighted by atomic mass is 32.1. The van der Waals surface area contributed by atoms with Crippen molar-refractivity contribution in [1.82, 2.24) is 0 Å². The molecule has 1 heterocycles. The van der Waals surface area contributed by atoms with Crippen molar-refractivity contribution in [3.8, 4) is 0 Å². The fourth-order valence-electron chi connectivity index (χ4n) is 2.51. The van der Waals surface area contributed by atoms with E-state index >= 15 is 0 Å². The molecule has 0 amide bonds. The maximum absolute atomic E-state index is 13.1. The zero-order valence-corrected chi connectivity index (χ0v) is 15.4. The molecule has 0 saturated carbocycles. The highest BCUT2D eigenvalue weighted by Crippen LogP contribution is 2.22. The number of carbonyl (C=O) groups is 1. The van der Waals surface area contributed by atoms with E-state index in [1.807, 2.05) is 19.1 Å². The van der Waals surface area contributed by atoms with Crippen LogP contribution in [-0.2, 0) is 12.6 Å². The second-order valence-electron chi connectivity index (χ2n) is 5.82. The van der Waals surface area contributed by atoms with E-state index in [1.165, 1.54) is 6.07 Å². The van der Waals surface area contributed by atoms with Crippen LogP contribution in [-0.4, -0.2) is 22.3 Å². The molecule has 0 aliphatic heterocycles. The van der Waals surface area contributed by atoms with Crippen molar-refractivity contribution < 1.29 is 14.3 Å². The van der Waals surface area contributed by atoms with Crippen LogP contribution in [0.15, 0.2) is 60.4 Å². The Hall–Kier alpha value is -2.93. The third-order valence-electron chi connectivity index (χ3n) is 3.82. The number of Topliss-reactive ketones (excluding diaryl/α,β-unsaturated/α-hetero) is 1. The van der Waals surface area contributed by atoms with Crippen LogP contribution in [0.4, 0.5) is 5.69 Å². The first-order valence-corrected chi connectivity index (χ1v) is 8.35. The lowest BCUT2D eigenvalue weighted by Crippen LogP contribution is -2.48. The number of nitro groups is 1. The van der Waals surface area contributed by atoms with E-state index < -0.39 is 11.0 Å². The van der Waals surface area contributed by atoms with Crippen molar-refractivity contribution in [1.29, 1.82) is 0 Å². The summed E-state index contributed by atoms with van der Waals surface area (Å²) in [6, 6.07) is 7.28. The maximum atomic E-state index is 13.1. The fourth-order valence-corrected chi connectivity index (χ4v) is 2.81. The third kappa shape index (κ3) is 4.37. The summed E-state index contributed by atoms with van der Waals surface area (Å²) in [5.74, 6) is -0.346. The third-order valence-corrected chi connectivity index (χ3v) is 4.17. The number of rotatable bonds is 7. The number of aliphatic imine (C=N–C) groups is 1. The lowest BCUT2D eigenvalue weighted by Gasteiger charge is -2.18. The molecule has 0 spiro atoms. The van der Waals surface area contributed by atoms with E-state index in [2.05, 4.69) is 11.6 Å². The van der Waals surface area contributed by atoms with Crippen LogP contribution in [0.1, 0.15) is 27.5 Å². The van der Waals surface area contributed by atoms with Crippen LogP contribution in [0.25, 0.3) is 0 Å². The smallest absolute Gasteiger partial charge is 0.273 e. The number of nitrogens with zero attached hydrogens (tertiary/aromatic N) is 3. The number of pyridine rings is 1. The average Bonchev–Trinajstić information content (AvgIpc) is 2.60. The van der Waals surface area contributed by atoms with Gasteiger partial charge in [0.05, 0.1) is 11.5 Å². The number of carbonyl (C=O) groups excluding carboxylic acids is 1. The molecule has 0 fully saturated rings. The molecule has 0 aliphatic rings. The Morgan fingerprint density at radius 2 is 2.15 bits per heavy atom. The van der Waals surface area contributed by atoms with Gasteiger partial charge in [-0.3, -0.25) is 14.9 Å². The Bertz CT molecular complexity index is 893. The molecule has 2 rings (SSSR count). The Balaban J connectivity index is 2.55. The number of ketones is 1. The minimum absolute atomic E-state index is 0.0993. The summed E-state index contributed by atoms with van der Waals surface area (Å²) < 4.78 is 1.68. The van der Waals surface area contributed by atoms with Crippen molar-refractivity contribution in [2.75, 3.05) is 6.54 Å². The van der Waals surface area contributed by atoms with Gasteiger partial charge in [-0.15, -0.1) is 6.58 Å². The summed E-state index contributed by atoms with van der Waals surface area (Å²) in [5.41, 5.74) is 1.56. The van der Waals surface area contributed by atoms with Crippen LogP contribution >= 0.6 is 0 Å². The quantitative estimate of drug-likeness (QED) is 0.110. The Morgan fingerprint density at radius 1 is 1.42 bits per heavy atom. The SMILES string of the molecule is C=CCN=C([S-])[C@H](C(=O)c1ccc(C)c([N+](=O)[O-])c1)[n+]1cccc(C)c1. The zero-order chi connectivity index (χ0) is 19.3. The van der Waals surface area contributed by atoms with Crippen molar-refractivity contribution in [3.63, 3.8) is 0 Å². The van der Waals surface area contributed by atoms with Gasteiger partial charge in [0, 0.05) is 28.8 Å². The van der Waals surface area contributed by atoms with E-state index in [1.54, 1.807) is 42.1 Å². The first-order valence-electron chi connectivity index (χ1n) is 7.94. The van der Waals surface area contributed by atoms with Crippen molar-refractivity contribution in [3.05, 3.63) is 82.2 Å². The molecular weight excluding hydrogens is 350 g/mol. The topological polar surface area (TPSA) is 76.4 Å². The zero-order valence-electron chi connectivity index (χ0n) is 14.6. The number of aryl methyl sites for hydroxylation is 2. The molecule has 134 valence electrons. The number of benzene rings is 1. The monoisotopic (exact) mass is 369 g/mol. The average molecular weight is 369 g/mol. The molecule has 7 heteroatoms. The van der Waals surface area contributed by atoms with E-state index in [4.69, 9.17) is 12.6 Å². The highest BCUT2D eigenvalue weighted by molar-refractivity contribution is 7.77. The lowest BCUT2D eigenvalue weighted by molar-refractivity contribution is -0.692. The van der Waals surface area contributed by atoms with Gasteiger partial charge in [-0.05, 0) is 25.0 Å². The first kappa shape index (κ1) is 19.4. The number of hydrogen-bond donors (Lipinski definition) is 0. The van der Waals surface area contributed by atoms with Gasteiger partial charge in [0.2, 0.25) is 11.8 Å². The van der Waals surface area contributed by atoms with E-state index in [0.29, 0.717) is 12.1 Å². The van der Waals surface area contributed by atoms with Crippen molar-refractivity contribution >= 4 is 29.1 Å². The molecule has 0 saturated heterocycles. The van der Waals surface area contributed by atoms with Gasteiger partial charge >= 0.3 is 0 Å². The number of aromatic nitrogens is 1. The minimum atomic E-state index is -0.854. The highest BCUT2D eigenvalue weighted by Gasteiger charge is 2.29. The van der Waals surface area contributed by atoms with E-state index in [9.17, 15) is 14.9 Å². The summed E-state index contributed by atoms with van der Waals surface area (Å²) in [6.45, 7) is 7.43. The molecule has 1 aromatic heterocycles. The normalized spacial score (nSPS) is 12.5. The Morgan fingerprint density at radius 3 is 2.77 bits per heavy atom. The molecule has 1 aromatic carbocycles. The number of hydrogen-bond acceptors (Lipinski definition) is 5. The number of nitro benzene ring substituents is 1. The summed E-state index contributed by atoms with van der Waals surface area (Å²) in [5, 5.41) is 11.4. The standard InChI is InChI=1S/C19H19N3O3S/c1-4-9-20-19(26)17(21-10-5-6-13(2)12-21)18(23)15-8-7-14(3)16(11-15)22(24)25/h4-8,10-12,17H,1,9H2,2-3H3/t17-/m0/s1. The van der Waals surface area contributed by atoms with E-state index in [-0.39, 0.29) is 22.1 Å². The summed E-state index contributed by atoms with van der Waals surface area (Å²) >= 11 is 5.36. The van der Waals surface area contributed by atoms with Crippen LogP contribution in [0, 0.1) is 24.0 Å². The molecule has 0 radical (unpaired) electrons. The fraction of sp³-hybridized carbons (Fsp3) is 0.211. The van der Waals surface area contributed by atoms with Gasteiger partial charge < -0.3 is 17.6 Å². The molecule has 0 unspecified atom stereocenters. The predicted octanol–water partition coefficient (Wildman–Crippen LogP) is 3.05. The second kappa shape index (κ2) is 8.44. The first-order chi connectivity index (χ1) is 12.3. The summed E-state index contributed by atoms with van der Waals surface area (Å²) in [7, 11) is 0. The van der Waals surface area contributed by atoms with Crippen molar-refractivity contribution in [2.45, 2.75) is 19.9 Å². The Labute approximate surface area is 157 Å². The molecule has 6 nitrogen and oxygen atoms in total. The van der Waals surface area contributed by atoms with Crippen molar-refractivity contribution in [2.24, 2.45) is 4.99 Å². The van der Waals surface area contributed by atoms with Crippen LogP contribution in [0.3, 0.4) is 0 Å². The summed E-state index contributed by atoms with van der Waals surface area (Å²) in [4.78, 5) is 28.0. The minimum Gasteiger partial charge on any atom is -0.758 e. The second-order valence-corrected chi connectivity index (χ2v) is 6.24. The van der Waals surface area contributed by atoms with Gasteiger partial charge in [0.15, 0.2) is 12.4 Å². The largest absolute Gasteiger partial charge is 0.758 e. The van der Waals surface area contributed by atoms with Gasteiger partial charge in [0.1, 0.15) is 0 Å². The molecule has 2 aromatic rings. The molecule has 0 bridgehead atoms. The molecular formula is C19H19N3O3S. The molecule has 0 aliphatic carbocycles. The van der Waals surface area contributed by atoms with Gasteiger partial charge in [0.25, 0.3) is 5.69 Å².